The first kappa shape index (κ1) is 39.2. The monoisotopic (exact) mass is 561 g/mol. The van der Waals surface area contributed by atoms with Crippen LogP contribution < -0.4 is 10.6 Å². The van der Waals surface area contributed by atoms with Crippen molar-refractivity contribution in [3.63, 3.8) is 0 Å². The van der Waals surface area contributed by atoms with E-state index in [1.54, 1.807) is 0 Å². The molecule has 6 heteroatoms. The molecule has 2 N–H and O–H groups in total. The molecule has 0 saturated carbocycles. The molecule has 37 heavy (non-hydrogen) atoms. The average molecular weight is 562 g/mol. The molecular weight excluding hydrogens is 495 g/mol. The Hall–Kier alpha value is 0.0944. The third-order valence-electron chi connectivity index (χ3n) is 8.24. The number of piperidine rings is 4. The number of hydrogen-bond acceptors (Lipinski definition) is 5. The van der Waals surface area contributed by atoms with Crippen molar-refractivity contribution in [2.45, 2.75) is 139 Å². The summed E-state index contributed by atoms with van der Waals surface area (Å²) >= 11 is 0. The Morgan fingerprint density at radius 3 is 1.73 bits per heavy atom. The van der Waals surface area contributed by atoms with Crippen LogP contribution in [-0.4, -0.2) is 80.0 Å². The van der Waals surface area contributed by atoms with Gasteiger partial charge in [0, 0.05) is 56.1 Å². The Bertz CT molecular complexity index is 551. The third kappa shape index (κ3) is 17.4. The van der Waals surface area contributed by atoms with Crippen molar-refractivity contribution >= 4 is 5.78 Å². The molecule has 0 aromatic carbocycles. The predicted molar refractivity (Wildman–Crippen MR) is 160 cm³/mol. The predicted octanol–water partition coefficient (Wildman–Crippen LogP) is 6.36. The van der Waals surface area contributed by atoms with E-state index < -0.39 is 0 Å². The summed E-state index contributed by atoms with van der Waals surface area (Å²) in [6.45, 7) is 29.2. The molecule has 1 radical (unpaired) electrons. The van der Waals surface area contributed by atoms with E-state index in [2.05, 4.69) is 69.0 Å². The van der Waals surface area contributed by atoms with Crippen LogP contribution in [0.3, 0.4) is 0 Å². The maximum Gasteiger partial charge on any atom is 0.135 e. The Morgan fingerprint density at radius 1 is 0.811 bits per heavy atom. The number of nitrogens with one attached hydrogen (secondary N) is 2. The van der Waals surface area contributed by atoms with Gasteiger partial charge in [0.15, 0.2) is 0 Å². The zero-order valence-corrected chi connectivity index (χ0v) is 28.3. The quantitative estimate of drug-likeness (QED) is 0.390. The van der Waals surface area contributed by atoms with E-state index in [1.807, 2.05) is 27.7 Å². The van der Waals surface area contributed by atoms with E-state index in [0.29, 0.717) is 22.7 Å². The zero-order valence-electron chi connectivity index (χ0n) is 26.9. The van der Waals surface area contributed by atoms with E-state index in [4.69, 9.17) is 0 Å². The average Bonchev–Trinajstić information content (AvgIpc) is 2.85. The summed E-state index contributed by atoms with van der Waals surface area (Å²) < 4.78 is 0. The van der Waals surface area contributed by atoms with Crippen LogP contribution in [0.5, 0.6) is 0 Å². The van der Waals surface area contributed by atoms with Crippen LogP contribution in [0.4, 0.5) is 0 Å². The molecule has 4 saturated heterocycles. The van der Waals surface area contributed by atoms with Crippen LogP contribution in [0.25, 0.3) is 0 Å². The number of Topliss-reactive ketones (excluding diaryl/α,β-unsaturated/α-hetero) is 1. The van der Waals surface area contributed by atoms with Crippen molar-refractivity contribution in [2.75, 3.05) is 46.3 Å². The minimum absolute atomic E-state index is 0. The van der Waals surface area contributed by atoms with Crippen LogP contribution in [0.1, 0.15) is 121 Å². The summed E-state index contributed by atoms with van der Waals surface area (Å²) in [6, 6.07) is 2.04. The van der Waals surface area contributed by atoms with E-state index in [-0.39, 0.29) is 18.6 Å². The smallest absolute Gasteiger partial charge is 0.135 e. The number of nitrogens with zero attached hydrogens (tertiary/aromatic N) is 2. The van der Waals surface area contributed by atoms with Gasteiger partial charge >= 0.3 is 0 Å². The molecule has 0 aromatic rings. The van der Waals surface area contributed by atoms with Gasteiger partial charge in [0.25, 0.3) is 0 Å². The molecule has 0 bridgehead atoms. The maximum atomic E-state index is 10.8. The Morgan fingerprint density at radius 2 is 1.32 bits per heavy atom. The second kappa shape index (κ2) is 20.9. The third-order valence-corrected chi connectivity index (χ3v) is 8.24. The van der Waals surface area contributed by atoms with Crippen molar-refractivity contribution in [3.8, 4) is 0 Å². The molecule has 0 aromatic heterocycles. The van der Waals surface area contributed by atoms with E-state index >= 15 is 0 Å². The molecule has 4 fully saturated rings. The molecule has 4 aliphatic rings. The van der Waals surface area contributed by atoms with Gasteiger partial charge in [0.2, 0.25) is 0 Å². The van der Waals surface area contributed by atoms with Gasteiger partial charge in [0.1, 0.15) is 5.78 Å². The Balaban J connectivity index is 0. The largest absolute Gasteiger partial charge is 0.317 e. The first-order valence-electron chi connectivity index (χ1n) is 15.4. The van der Waals surface area contributed by atoms with Gasteiger partial charge in [-0.1, -0.05) is 55.4 Å². The first-order valence-corrected chi connectivity index (χ1v) is 15.4. The summed E-state index contributed by atoms with van der Waals surface area (Å²) in [5.41, 5.74) is 1.21. The van der Waals surface area contributed by atoms with Crippen LogP contribution in [-0.2, 0) is 23.4 Å². The zero-order chi connectivity index (χ0) is 27.8. The number of carbonyl (C=O) groups excluding carboxylic acids is 1. The van der Waals surface area contributed by atoms with Crippen LogP contribution in [0, 0.1) is 10.8 Å². The number of likely N-dealkylation sites (tertiary alicyclic amines) is 2. The molecule has 3 atom stereocenters. The second-order valence-corrected chi connectivity index (χ2v) is 12.5. The van der Waals surface area contributed by atoms with Crippen molar-refractivity contribution in [3.05, 3.63) is 0 Å². The molecule has 3 unspecified atom stereocenters. The fourth-order valence-electron chi connectivity index (χ4n) is 5.14. The topological polar surface area (TPSA) is 47.6 Å². The minimum atomic E-state index is 0. The first-order chi connectivity index (χ1) is 17.0. The summed E-state index contributed by atoms with van der Waals surface area (Å²) in [5, 5.41) is 6.88. The normalized spacial score (nSPS) is 29.2. The van der Waals surface area contributed by atoms with Crippen molar-refractivity contribution in [2.24, 2.45) is 10.8 Å². The summed E-state index contributed by atoms with van der Waals surface area (Å²) in [7, 11) is 2.07. The van der Waals surface area contributed by atoms with Gasteiger partial charge < -0.3 is 20.4 Å². The van der Waals surface area contributed by atoms with Crippen molar-refractivity contribution < 1.29 is 23.4 Å². The Kier molecular flexibility index (Phi) is 22.2. The van der Waals surface area contributed by atoms with Gasteiger partial charge in [0.05, 0.1) is 0 Å². The summed E-state index contributed by atoms with van der Waals surface area (Å²) in [4.78, 5) is 15.8. The van der Waals surface area contributed by atoms with Gasteiger partial charge in [-0.05, 0) is 103 Å². The molecule has 4 aliphatic heterocycles. The maximum absolute atomic E-state index is 10.8. The van der Waals surface area contributed by atoms with Crippen LogP contribution >= 0.6 is 0 Å². The molecule has 4 rings (SSSR count). The molecule has 4 heterocycles. The molecule has 0 spiro atoms. The Labute approximate surface area is 244 Å². The molecule has 5 nitrogen and oxygen atoms in total. The number of hydrogen-bond donors (Lipinski definition) is 2. The van der Waals surface area contributed by atoms with E-state index in [1.165, 1.54) is 71.2 Å². The van der Waals surface area contributed by atoms with Gasteiger partial charge in [-0.3, -0.25) is 4.79 Å². The van der Waals surface area contributed by atoms with Crippen molar-refractivity contribution in [1.82, 2.24) is 20.4 Å². The van der Waals surface area contributed by atoms with Crippen LogP contribution in [0.15, 0.2) is 0 Å². The van der Waals surface area contributed by atoms with Gasteiger partial charge in [-0.2, -0.15) is 0 Å². The summed E-state index contributed by atoms with van der Waals surface area (Å²) in [5.74, 6) is 0.417. The number of ketones is 1. The molecular formula is C31H66N4OV. The van der Waals surface area contributed by atoms with E-state index in [0.717, 1.165) is 31.5 Å². The second-order valence-electron chi connectivity index (χ2n) is 12.5. The summed E-state index contributed by atoms with van der Waals surface area (Å²) in [6.07, 6.45) is 9.64. The number of carbonyl (C=O) groups is 1. The SMILES string of the molecule is CC.CC.CC1(C)CCNCC1.CC1CC(=O)CCN1C.CC1CC(N2CCC(C)(C)CC2)CCN1.[V]. The van der Waals surface area contributed by atoms with Gasteiger partial charge in [-0.25, -0.2) is 0 Å². The molecule has 0 aliphatic carbocycles. The number of rotatable bonds is 1. The van der Waals surface area contributed by atoms with E-state index in [9.17, 15) is 4.79 Å². The van der Waals surface area contributed by atoms with Gasteiger partial charge in [-0.15, -0.1) is 0 Å². The molecule has 0 amide bonds. The van der Waals surface area contributed by atoms with Crippen molar-refractivity contribution in [1.29, 1.82) is 0 Å². The minimum Gasteiger partial charge on any atom is -0.317 e. The fraction of sp³-hybridized carbons (Fsp3) is 0.968. The molecule has 221 valence electrons. The fourth-order valence-corrected chi connectivity index (χ4v) is 5.14. The standard InChI is InChI=1S/C13H26N2.C7H13NO.C7H15N.2C2H6.V/c1-11-10-12(4-7-14-11)15-8-5-13(2,3)6-9-15;1-6-5-7(9)3-4-8(6)2;1-7(2)3-5-8-6-4-7;2*1-2;/h11-12,14H,4-10H2,1-3H3;6H,3-5H2,1-2H3;8H,3-6H2,1-2H3;2*1-2H3;. The van der Waals surface area contributed by atoms with Crippen LogP contribution in [0.2, 0.25) is 0 Å².